The highest BCUT2D eigenvalue weighted by molar-refractivity contribution is 6.03. The Morgan fingerprint density at radius 1 is 0.704 bits per heavy atom. The quantitative estimate of drug-likeness (QED) is 0.119. The van der Waals surface area contributed by atoms with Gasteiger partial charge in [-0.05, 0) is 33.1 Å². The Morgan fingerprint density at radius 2 is 1.09 bits per heavy atom. The first kappa shape index (κ1) is 42.7. The predicted molar refractivity (Wildman–Crippen MR) is 198 cm³/mol. The van der Waals surface area contributed by atoms with E-state index in [0.717, 1.165) is 0 Å². The van der Waals surface area contributed by atoms with E-state index in [1.54, 1.807) is 58.1 Å². The molecule has 4 amide bonds. The third-order valence-corrected chi connectivity index (χ3v) is 10.3. The minimum absolute atomic E-state index is 0.0134. The lowest BCUT2D eigenvalue weighted by atomic mass is 9.83. The molecule has 0 spiro atoms. The van der Waals surface area contributed by atoms with Gasteiger partial charge in [-0.15, -0.1) is 0 Å². The standard InChI is InChI=1S/C37H51N7O10/c1-21-15-28(46)34(52)25(42(21)5)18-38-31(49)9-12-37(41-24(4)45,13-10-32(50)39-19-26-35(53)29(47)16-22(2)43(26)6)14-11-33(51)40-20-27-36(54)30(48)17-23(3)44(27,7)8/h15-17H,9-14,18-20H2,1-8H3,(H6-,38,39,40,41,45,49,50,51,52,53,54)/p+1. The molecule has 0 radical (unpaired) electrons. The molecule has 0 fully saturated rings. The van der Waals surface area contributed by atoms with Crippen molar-refractivity contribution in [2.75, 3.05) is 20.6 Å². The number of aryl methyl sites for hydroxylation is 2. The van der Waals surface area contributed by atoms with E-state index in [9.17, 15) is 48.9 Å². The maximum absolute atomic E-state index is 13.2. The first-order chi connectivity index (χ1) is 25.1. The SMILES string of the molecule is CC(=O)NC(CCC(=O)NCC1=C(O)C(=O)C=C(C)[N+]1(C)C)(CCC(=O)NCc1c(O)c(=O)cc(C)n1C)CCC(=O)NCc1c(O)c(=O)cc(C)n1C. The number of hydrogen-bond donors (Lipinski definition) is 7. The summed E-state index contributed by atoms with van der Waals surface area (Å²) in [6, 6.07) is 2.54. The Balaban J connectivity index is 1.80. The fourth-order valence-electron chi connectivity index (χ4n) is 6.27. The van der Waals surface area contributed by atoms with Crippen molar-refractivity contribution in [2.45, 2.75) is 84.8 Å². The fraction of sp³-hybridized carbons (Fsp3) is 0.486. The average molecular weight is 755 g/mol. The van der Waals surface area contributed by atoms with Crippen LogP contribution in [0.4, 0.5) is 0 Å². The van der Waals surface area contributed by atoms with Crippen LogP contribution in [0.15, 0.2) is 45.0 Å². The van der Waals surface area contributed by atoms with Crippen molar-refractivity contribution >= 4 is 29.4 Å². The molecule has 7 N–H and O–H groups in total. The van der Waals surface area contributed by atoms with Crippen molar-refractivity contribution in [2.24, 2.45) is 14.1 Å². The van der Waals surface area contributed by atoms with Gasteiger partial charge in [-0.1, -0.05) is 0 Å². The van der Waals surface area contributed by atoms with Crippen molar-refractivity contribution < 1.29 is 43.8 Å². The summed E-state index contributed by atoms with van der Waals surface area (Å²) < 4.78 is 3.20. The molecule has 3 heterocycles. The average Bonchev–Trinajstić information content (AvgIpc) is 3.09. The summed E-state index contributed by atoms with van der Waals surface area (Å²) in [6.07, 6.45) is 0.752. The van der Waals surface area contributed by atoms with Crippen LogP contribution in [0.5, 0.6) is 11.5 Å². The highest BCUT2D eigenvalue weighted by Crippen LogP contribution is 2.28. The number of rotatable bonds is 16. The molecule has 17 nitrogen and oxygen atoms in total. The van der Waals surface area contributed by atoms with Crippen LogP contribution in [0.1, 0.15) is 75.1 Å². The van der Waals surface area contributed by atoms with E-state index in [1.165, 1.54) is 25.1 Å². The molecular formula is C37H52N7O10+. The Kier molecular flexibility index (Phi) is 13.8. The van der Waals surface area contributed by atoms with Crippen molar-refractivity contribution in [3.63, 3.8) is 0 Å². The Labute approximate surface area is 312 Å². The number of aromatic hydroxyl groups is 2. The Bertz CT molecular complexity index is 1930. The zero-order valence-electron chi connectivity index (χ0n) is 32.1. The number of amides is 4. The first-order valence-electron chi connectivity index (χ1n) is 17.5. The number of carbonyl (C=O) groups is 5. The maximum atomic E-state index is 13.2. The number of aliphatic hydroxyl groups excluding tert-OH is 1. The van der Waals surface area contributed by atoms with Gasteiger partial charge in [-0.2, -0.15) is 0 Å². The molecule has 0 aliphatic carbocycles. The number of nitrogens with zero attached hydrogens (tertiary/aromatic N) is 3. The number of allylic oxidation sites excluding steroid dienone is 2. The molecule has 54 heavy (non-hydrogen) atoms. The van der Waals surface area contributed by atoms with Gasteiger partial charge in [0.1, 0.15) is 5.70 Å². The van der Waals surface area contributed by atoms with Gasteiger partial charge in [0.05, 0.1) is 45.1 Å². The fourth-order valence-corrected chi connectivity index (χ4v) is 6.27. The molecule has 0 aromatic carbocycles. The summed E-state index contributed by atoms with van der Waals surface area (Å²) >= 11 is 0. The topological polar surface area (TPSA) is 238 Å². The van der Waals surface area contributed by atoms with Gasteiger partial charge in [-0.3, -0.25) is 38.0 Å². The number of likely N-dealkylation sites (N-methyl/N-ethyl adjacent to an activating group) is 1. The van der Waals surface area contributed by atoms with Gasteiger partial charge in [0.15, 0.2) is 17.2 Å². The van der Waals surface area contributed by atoms with Gasteiger partial charge in [-0.25, -0.2) is 0 Å². The molecule has 1 aliphatic heterocycles. The first-order valence-corrected chi connectivity index (χ1v) is 17.5. The van der Waals surface area contributed by atoms with Gasteiger partial charge >= 0.3 is 0 Å². The molecule has 0 saturated heterocycles. The summed E-state index contributed by atoms with van der Waals surface area (Å²) in [4.78, 5) is 88.7. The van der Waals surface area contributed by atoms with Crippen LogP contribution < -0.4 is 32.1 Å². The second-order valence-electron chi connectivity index (χ2n) is 14.2. The summed E-state index contributed by atoms with van der Waals surface area (Å²) in [5, 5.41) is 42.1. The number of nitrogens with one attached hydrogen (secondary N) is 4. The van der Waals surface area contributed by atoms with Gasteiger partial charge in [0, 0.05) is 82.3 Å². The predicted octanol–water partition coefficient (Wildman–Crippen LogP) is 0.709. The van der Waals surface area contributed by atoms with Gasteiger partial charge < -0.3 is 45.7 Å². The molecular weight excluding hydrogens is 702 g/mol. The molecule has 2 aromatic heterocycles. The molecule has 0 saturated carbocycles. The van der Waals surface area contributed by atoms with E-state index in [1.807, 2.05) is 0 Å². The number of quaternary nitrogens is 1. The number of aliphatic hydroxyl groups is 1. The van der Waals surface area contributed by atoms with Crippen LogP contribution in [0.25, 0.3) is 0 Å². The lowest BCUT2D eigenvalue weighted by Crippen LogP contribution is -2.50. The minimum atomic E-state index is -1.26. The normalized spacial score (nSPS) is 14.0. The highest BCUT2D eigenvalue weighted by Gasteiger charge is 2.37. The molecule has 0 unspecified atom stereocenters. The summed E-state index contributed by atoms with van der Waals surface area (Å²) in [7, 11) is 6.78. The number of pyridine rings is 2. The van der Waals surface area contributed by atoms with Crippen LogP contribution in [0.2, 0.25) is 0 Å². The molecule has 1 aliphatic rings. The number of carbonyl (C=O) groups excluding carboxylic acids is 5. The second-order valence-corrected chi connectivity index (χ2v) is 14.2. The third kappa shape index (κ3) is 10.2. The zero-order valence-corrected chi connectivity index (χ0v) is 32.1. The van der Waals surface area contributed by atoms with E-state index in [0.29, 0.717) is 17.1 Å². The van der Waals surface area contributed by atoms with E-state index in [4.69, 9.17) is 0 Å². The van der Waals surface area contributed by atoms with E-state index >= 15 is 0 Å². The van der Waals surface area contributed by atoms with Crippen LogP contribution in [-0.2, 0) is 51.2 Å². The summed E-state index contributed by atoms with van der Waals surface area (Å²) in [6.45, 7) is 5.87. The van der Waals surface area contributed by atoms with Crippen molar-refractivity contribution in [3.8, 4) is 11.5 Å². The minimum Gasteiger partial charge on any atom is -0.503 e. The van der Waals surface area contributed by atoms with Crippen LogP contribution in [0, 0.1) is 13.8 Å². The van der Waals surface area contributed by atoms with Crippen molar-refractivity contribution in [1.29, 1.82) is 0 Å². The smallest absolute Gasteiger partial charge is 0.231 e. The highest BCUT2D eigenvalue weighted by atomic mass is 16.3. The molecule has 0 bridgehead atoms. The van der Waals surface area contributed by atoms with E-state index in [-0.39, 0.29) is 79.7 Å². The molecule has 0 atom stereocenters. The second kappa shape index (κ2) is 17.4. The van der Waals surface area contributed by atoms with Crippen molar-refractivity contribution in [1.82, 2.24) is 30.4 Å². The number of hydrogen-bond acceptors (Lipinski definition) is 10. The van der Waals surface area contributed by atoms with Crippen LogP contribution in [0.3, 0.4) is 0 Å². The van der Waals surface area contributed by atoms with Gasteiger partial charge in [0.25, 0.3) is 0 Å². The number of aromatic nitrogens is 2. The maximum Gasteiger partial charge on any atom is 0.231 e. The lowest BCUT2D eigenvalue weighted by Gasteiger charge is -2.35. The van der Waals surface area contributed by atoms with Crippen LogP contribution in [-0.4, -0.2) is 84.5 Å². The van der Waals surface area contributed by atoms with E-state index in [2.05, 4.69) is 21.3 Å². The van der Waals surface area contributed by atoms with Gasteiger partial charge in [0.2, 0.25) is 46.0 Å². The van der Waals surface area contributed by atoms with Crippen LogP contribution >= 0.6 is 0 Å². The Morgan fingerprint density at radius 3 is 1.48 bits per heavy atom. The third-order valence-electron chi connectivity index (χ3n) is 10.3. The monoisotopic (exact) mass is 754 g/mol. The zero-order chi connectivity index (χ0) is 40.7. The molecule has 17 heteroatoms. The van der Waals surface area contributed by atoms with E-state index < -0.39 is 63.1 Å². The largest absolute Gasteiger partial charge is 0.503 e. The summed E-state index contributed by atoms with van der Waals surface area (Å²) in [5.74, 6) is -3.97. The summed E-state index contributed by atoms with van der Waals surface area (Å²) in [5.41, 5.74) is 0.0224. The Hall–Kier alpha value is -5.71. The molecule has 294 valence electrons. The lowest BCUT2D eigenvalue weighted by molar-refractivity contribution is -0.814. The molecule has 3 rings (SSSR count). The van der Waals surface area contributed by atoms with Crippen molar-refractivity contribution in [3.05, 3.63) is 78.6 Å². The molecule has 2 aromatic rings. The number of ketones is 1.